The minimum atomic E-state index is -4.79. The van der Waals surface area contributed by atoms with Gasteiger partial charge in [0.05, 0.1) is 0 Å². The van der Waals surface area contributed by atoms with Crippen molar-refractivity contribution in [3.63, 3.8) is 0 Å². The minimum Gasteiger partial charge on any atom is -0.465 e. The maximum absolute atomic E-state index is 12.9. The van der Waals surface area contributed by atoms with E-state index in [4.69, 9.17) is 5.11 Å². The number of nitrogens with zero attached hydrogens (tertiary/aromatic N) is 3. The highest BCUT2D eigenvalue weighted by molar-refractivity contribution is 5.82. The highest BCUT2D eigenvalue weighted by atomic mass is 19.4. The van der Waals surface area contributed by atoms with Crippen molar-refractivity contribution >= 4 is 12.0 Å². The molecule has 0 unspecified atom stereocenters. The molecule has 4 rings (SSSR count). The van der Waals surface area contributed by atoms with E-state index in [1.54, 1.807) is 0 Å². The van der Waals surface area contributed by atoms with Crippen LogP contribution < -0.4 is 0 Å². The van der Waals surface area contributed by atoms with Crippen molar-refractivity contribution in [3.05, 3.63) is 0 Å². The van der Waals surface area contributed by atoms with Crippen molar-refractivity contribution in [1.82, 2.24) is 14.7 Å². The number of piperidine rings is 1. The lowest BCUT2D eigenvalue weighted by Gasteiger charge is -2.52. The van der Waals surface area contributed by atoms with E-state index >= 15 is 0 Å². The highest BCUT2D eigenvalue weighted by Gasteiger charge is 2.53. The van der Waals surface area contributed by atoms with Crippen LogP contribution in [0.3, 0.4) is 0 Å². The van der Waals surface area contributed by atoms with Gasteiger partial charge in [-0.2, -0.15) is 13.2 Å². The van der Waals surface area contributed by atoms with Gasteiger partial charge in [0.25, 0.3) is 0 Å². The number of hydrogen-bond donors (Lipinski definition) is 1. The van der Waals surface area contributed by atoms with Crippen LogP contribution in [-0.4, -0.2) is 82.3 Å². The molecule has 6 nitrogen and oxygen atoms in total. The third kappa shape index (κ3) is 3.62. The SMILES string of the molecule is O=C(O)N1CCC2(CC(N3CCC(N(C(=O)C(F)(F)F)C4CC4)CC3)C2)C1. The zero-order valence-electron chi connectivity index (χ0n) is 15.2. The summed E-state index contributed by atoms with van der Waals surface area (Å²) in [5.74, 6) is -1.68. The molecule has 2 saturated carbocycles. The molecule has 152 valence electrons. The molecule has 9 heteroatoms. The van der Waals surface area contributed by atoms with Gasteiger partial charge in [-0.1, -0.05) is 0 Å². The molecule has 0 atom stereocenters. The van der Waals surface area contributed by atoms with Crippen LogP contribution in [0.5, 0.6) is 0 Å². The van der Waals surface area contributed by atoms with E-state index in [2.05, 4.69) is 4.90 Å². The van der Waals surface area contributed by atoms with Crippen molar-refractivity contribution in [2.24, 2.45) is 5.41 Å². The average Bonchev–Trinajstić information content (AvgIpc) is 3.29. The van der Waals surface area contributed by atoms with E-state index < -0.39 is 18.2 Å². The molecule has 27 heavy (non-hydrogen) atoms. The largest absolute Gasteiger partial charge is 0.471 e. The summed E-state index contributed by atoms with van der Waals surface area (Å²) in [6, 6.07) is -0.151. The molecule has 0 aromatic carbocycles. The number of rotatable bonds is 3. The van der Waals surface area contributed by atoms with Gasteiger partial charge in [-0.25, -0.2) is 4.79 Å². The van der Waals surface area contributed by atoms with Crippen molar-refractivity contribution < 1.29 is 27.9 Å². The zero-order valence-corrected chi connectivity index (χ0v) is 15.2. The fraction of sp³-hybridized carbons (Fsp3) is 0.889. The second-order valence-corrected chi connectivity index (χ2v) is 8.72. The summed E-state index contributed by atoms with van der Waals surface area (Å²) in [6.45, 7) is 2.62. The Kier molecular flexibility index (Phi) is 4.56. The van der Waals surface area contributed by atoms with Crippen LogP contribution in [0.15, 0.2) is 0 Å². The maximum Gasteiger partial charge on any atom is 0.471 e. The Morgan fingerprint density at radius 1 is 1.00 bits per heavy atom. The first-order valence-corrected chi connectivity index (χ1v) is 9.80. The fourth-order valence-electron chi connectivity index (χ4n) is 5.29. The molecular formula is C18H26F3N3O3. The summed E-state index contributed by atoms with van der Waals surface area (Å²) in [5.41, 5.74) is 0.103. The van der Waals surface area contributed by atoms with Gasteiger partial charge in [0.2, 0.25) is 0 Å². The van der Waals surface area contributed by atoms with Gasteiger partial charge in [0.15, 0.2) is 0 Å². The monoisotopic (exact) mass is 389 g/mol. The Morgan fingerprint density at radius 3 is 2.07 bits per heavy atom. The Balaban J connectivity index is 1.29. The van der Waals surface area contributed by atoms with Crippen LogP contribution in [0.2, 0.25) is 0 Å². The number of alkyl halides is 3. The quantitative estimate of drug-likeness (QED) is 0.806. The number of carboxylic acid groups (broad SMARTS) is 1. The Hall–Kier alpha value is -1.51. The Morgan fingerprint density at radius 2 is 1.59 bits per heavy atom. The smallest absolute Gasteiger partial charge is 0.465 e. The molecule has 2 aliphatic carbocycles. The number of halogens is 3. The summed E-state index contributed by atoms with van der Waals surface area (Å²) in [5, 5.41) is 9.12. The number of amides is 2. The third-order valence-electron chi connectivity index (χ3n) is 6.87. The first-order chi connectivity index (χ1) is 12.7. The van der Waals surface area contributed by atoms with Crippen molar-refractivity contribution in [3.8, 4) is 0 Å². The van der Waals surface area contributed by atoms with Crippen LogP contribution >= 0.6 is 0 Å². The molecule has 2 aliphatic heterocycles. The molecule has 4 aliphatic rings. The lowest BCUT2D eigenvalue weighted by molar-refractivity contribution is -0.189. The van der Waals surface area contributed by atoms with Gasteiger partial charge < -0.3 is 19.8 Å². The van der Waals surface area contributed by atoms with Crippen LogP contribution in [0.25, 0.3) is 0 Å². The summed E-state index contributed by atoms with van der Waals surface area (Å²) in [4.78, 5) is 27.8. The summed E-state index contributed by atoms with van der Waals surface area (Å²) < 4.78 is 38.8. The third-order valence-corrected chi connectivity index (χ3v) is 6.87. The van der Waals surface area contributed by atoms with E-state index in [9.17, 15) is 22.8 Å². The van der Waals surface area contributed by atoms with E-state index in [-0.39, 0.29) is 17.5 Å². The molecule has 2 heterocycles. The van der Waals surface area contributed by atoms with Gasteiger partial charge in [0.1, 0.15) is 0 Å². The van der Waals surface area contributed by atoms with E-state index in [1.165, 1.54) is 4.90 Å². The minimum absolute atomic E-state index is 0.103. The van der Waals surface area contributed by atoms with E-state index in [1.807, 2.05) is 0 Å². The van der Waals surface area contributed by atoms with E-state index in [0.29, 0.717) is 57.9 Å². The van der Waals surface area contributed by atoms with Crippen LogP contribution in [0.1, 0.15) is 44.9 Å². The molecule has 0 aromatic rings. The summed E-state index contributed by atoms with van der Waals surface area (Å²) in [6.07, 6.45) is -0.289. The fourth-order valence-corrected chi connectivity index (χ4v) is 5.29. The predicted molar refractivity (Wildman–Crippen MR) is 90.2 cm³/mol. The van der Waals surface area contributed by atoms with Crippen LogP contribution in [-0.2, 0) is 4.79 Å². The molecule has 0 radical (unpaired) electrons. The molecule has 0 aromatic heterocycles. The summed E-state index contributed by atoms with van der Waals surface area (Å²) in [7, 11) is 0. The molecule has 4 fully saturated rings. The van der Waals surface area contributed by atoms with Gasteiger partial charge in [-0.15, -0.1) is 0 Å². The molecule has 2 amide bonds. The topological polar surface area (TPSA) is 64.1 Å². The molecule has 1 N–H and O–H groups in total. The van der Waals surface area contributed by atoms with Crippen molar-refractivity contribution in [2.45, 2.75) is 69.2 Å². The van der Waals surface area contributed by atoms with Crippen LogP contribution in [0.4, 0.5) is 18.0 Å². The van der Waals surface area contributed by atoms with Crippen LogP contribution in [0, 0.1) is 5.41 Å². The number of likely N-dealkylation sites (tertiary alicyclic amines) is 2. The average molecular weight is 389 g/mol. The maximum atomic E-state index is 12.9. The van der Waals surface area contributed by atoms with Gasteiger partial charge in [-0.3, -0.25) is 4.79 Å². The van der Waals surface area contributed by atoms with Gasteiger partial charge in [0, 0.05) is 44.3 Å². The second kappa shape index (κ2) is 6.53. The molecule has 2 saturated heterocycles. The lowest BCUT2D eigenvalue weighted by atomic mass is 9.64. The number of hydrogen-bond acceptors (Lipinski definition) is 3. The van der Waals surface area contributed by atoms with Crippen molar-refractivity contribution in [2.75, 3.05) is 26.2 Å². The Labute approximate surface area is 156 Å². The normalized spacial score (nSPS) is 32.6. The van der Waals surface area contributed by atoms with Gasteiger partial charge in [-0.05, 0) is 50.4 Å². The van der Waals surface area contributed by atoms with Crippen molar-refractivity contribution in [1.29, 1.82) is 0 Å². The molecular weight excluding hydrogens is 363 g/mol. The molecule has 0 bridgehead atoms. The molecule has 1 spiro atoms. The Bertz CT molecular complexity index is 609. The first kappa shape index (κ1) is 18.8. The van der Waals surface area contributed by atoms with E-state index in [0.717, 1.165) is 24.2 Å². The number of carbonyl (C=O) groups is 2. The zero-order chi connectivity index (χ0) is 19.4. The number of carbonyl (C=O) groups excluding carboxylic acids is 1. The predicted octanol–water partition coefficient (Wildman–Crippen LogP) is 2.54. The highest BCUT2D eigenvalue weighted by Crippen LogP contribution is 2.50. The first-order valence-electron chi connectivity index (χ1n) is 9.80. The second-order valence-electron chi connectivity index (χ2n) is 8.72. The summed E-state index contributed by atoms with van der Waals surface area (Å²) >= 11 is 0. The lowest BCUT2D eigenvalue weighted by Crippen LogP contribution is -2.57. The standard InChI is InChI=1S/C18H26F3N3O3/c19-18(20,21)15(25)24(12-1-2-12)13-3-6-22(7-4-13)14-9-17(10-14)5-8-23(11-17)16(26)27/h12-14H,1-11H2,(H,26,27). The van der Waals surface area contributed by atoms with Gasteiger partial charge >= 0.3 is 18.2 Å².